The van der Waals surface area contributed by atoms with Gasteiger partial charge in [-0.05, 0) is 36.1 Å². The molecule has 0 saturated heterocycles. The average Bonchev–Trinajstić information content (AvgIpc) is 3.12. The zero-order valence-electron chi connectivity index (χ0n) is 13.8. The Hall–Kier alpha value is -2.79. The number of fused-ring (bicyclic) bond motifs is 1. The predicted molar refractivity (Wildman–Crippen MR) is 101 cm³/mol. The number of benzene rings is 2. The summed E-state index contributed by atoms with van der Waals surface area (Å²) in [6.45, 7) is 0.551. The van der Waals surface area contributed by atoms with Crippen molar-refractivity contribution in [3.63, 3.8) is 0 Å². The molecule has 0 N–H and O–H groups in total. The number of hydrogen-bond acceptors (Lipinski definition) is 4. The number of rotatable bonds is 5. The van der Waals surface area contributed by atoms with Crippen LogP contribution in [0.2, 0.25) is 0 Å². The highest BCUT2D eigenvalue weighted by molar-refractivity contribution is 7.98. The van der Waals surface area contributed by atoms with Gasteiger partial charge in [-0.2, -0.15) is 0 Å². The molecule has 124 valence electrons. The van der Waals surface area contributed by atoms with Crippen LogP contribution in [0.5, 0.6) is 5.75 Å². The smallest absolute Gasteiger partial charge is 0.189 e. The lowest BCUT2D eigenvalue weighted by atomic mass is 10.2. The second kappa shape index (κ2) is 6.99. The minimum absolute atomic E-state index is 0.551. The quantitative estimate of drug-likeness (QED) is 0.387. The van der Waals surface area contributed by atoms with Crippen molar-refractivity contribution >= 4 is 22.7 Å². The van der Waals surface area contributed by atoms with Crippen LogP contribution in [0.25, 0.3) is 16.7 Å². The van der Waals surface area contributed by atoms with E-state index in [0.29, 0.717) is 6.61 Å². The Morgan fingerprint density at radius 2 is 1.88 bits per heavy atom. The van der Waals surface area contributed by atoms with E-state index in [2.05, 4.69) is 38.8 Å². The maximum atomic E-state index is 6.05. The minimum atomic E-state index is 0.551. The molecule has 0 atom stereocenters. The van der Waals surface area contributed by atoms with Crippen LogP contribution >= 0.6 is 11.8 Å². The topological polar surface area (TPSA) is 39.9 Å². The van der Waals surface area contributed by atoms with Crippen molar-refractivity contribution in [1.82, 2.24) is 14.5 Å². The molecule has 0 fully saturated rings. The lowest BCUT2D eigenvalue weighted by Crippen LogP contribution is -1.98. The monoisotopic (exact) mass is 347 g/mol. The van der Waals surface area contributed by atoms with Gasteiger partial charge in [0.05, 0.1) is 5.52 Å². The standard InChI is InChI=1S/C20H17N3OS/c1-25-20-21-12-10-19(22-20)23-13-11-16-17(23)8-5-9-18(16)24-14-15-6-3-2-4-7-15/h2-13H,14H2,1H3. The molecule has 5 heteroatoms. The Balaban J connectivity index is 1.68. The van der Waals surface area contributed by atoms with Crippen LogP contribution in [0.4, 0.5) is 0 Å². The highest BCUT2D eigenvalue weighted by Crippen LogP contribution is 2.29. The molecule has 25 heavy (non-hydrogen) atoms. The number of ether oxygens (including phenoxy) is 1. The van der Waals surface area contributed by atoms with E-state index in [4.69, 9.17) is 4.74 Å². The van der Waals surface area contributed by atoms with Crippen molar-refractivity contribution < 1.29 is 4.74 Å². The Morgan fingerprint density at radius 3 is 2.72 bits per heavy atom. The first-order valence-corrected chi connectivity index (χ1v) is 9.22. The highest BCUT2D eigenvalue weighted by atomic mass is 32.2. The minimum Gasteiger partial charge on any atom is -0.488 e. The molecule has 0 radical (unpaired) electrons. The van der Waals surface area contributed by atoms with Gasteiger partial charge in [0.25, 0.3) is 0 Å². The van der Waals surface area contributed by atoms with Crippen LogP contribution in [-0.2, 0) is 6.61 Å². The first kappa shape index (κ1) is 15.7. The summed E-state index contributed by atoms with van der Waals surface area (Å²) < 4.78 is 8.11. The molecule has 4 rings (SSSR count). The van der Waals surface area contributed by atoms with E-state index in [0.717, 1.165) is 33.2 Å². The van der Waals surface area contributed by atoms with E-state index in [1.165, 1.54) is 11.8 Å². The first-order chi connectivity index (χ1) is 12.3. The van der Waals surface area contributed by atoms with Gasteiger partial charge in [0, 0.05) is 17.8 Å². The first-order valence-electron chi connectivity index (χ1n) is 7.99. The molecule has 0 spiro atoms. The lowest BCUT2D eigenvalue weighted by Gasteiger charge is -2.09. The second-order valence-electron chi connectivity index (χ2n) is 5.55. The van der Waals surface area contributed by atoms with E-state index in [1.807, 2.05) is 48.9 Å². The molecule has 4 aromatic rings. The van der Waals surface area contributed by atoms with Crippen LogP contribution in [0.1, 0.15) is 5.56 Å². The molecule has 0 aliphatic heterocycles. The third-order valence-electron chi connectivity index (χ3n) is 3.98. The number of thioether (sulfide) groups is 1. The fourth-order valence-electron chi connectivity index (χ4n) is 2.76. The van der Waals surface area contributed by atoms with E-state index in [9.17, 15) is 0 Å². The summed E-state index contributed by atoms with van der Waals surface area (Å²) in [4.78, 5) is 8.82. The van der Waals surface area contributed by atoms with Gasteiger partial charge in [-0.1, -0.05) is 48.2 Å². The fraction of sp³-hybridized carbons (Fsp3) is 0.100. The molecule has 0 bridgehead atoms. The molecule has 0 amide bonds. The summed E-state index contributed by atoms with van der Waals surface area (Å²) in [5, 5.41) is 1.83. The maximum Gasteiger partial charge on any atom is 0.189 e. The average molecular weight is 347 g/mol. The van der Waals surface area contributed by atoms with Crippen molar-refractivity contribution in [2.75, 3.05) is 6.26 Å². The van der Waals surface area contributed by atoms with Gasteiger partial charge in [-0.3, -0.25) is 0 Å². The van der Waals surface area contributed by atoms with Crippen LogP contribution < -0.4 is 4.74 Å². The Bertz CT molecular complexity index is 998. The fourth-order valence-corrected chi connectivity index (χ4v) is 3.12. The van der Waals surface area contributed by atoms with Crippen LogP contribution in [0, 0.1) is 0 Å². The molecule has 2 aromatic heterocycles. The summed E-state index contributed by atoms with van der Waals surface area (Å²) in [7, 11) is 0. The van der Waals surface area contributed by atoms with Gasteiger partial charge in [-0.15, -0.1) is 0 Å². The number of aromatic nitrogens is 3. The van der Waals surface area contributed by atoms with Crippen molar-refractivity contribution in [3.8, 4) is 11.6 Å². The van der Waals surface area contributed by atoms with Gasteiger partial charge in [0.2, 0.25) is 0 Å². The predicted octanol–water partition coefficient (Wildman–Crippen LogP) is 4.72. The molecule has 4 nitrogen and oxygen atoms in total. The van der Waals surface area contributed by atoms with Crippen molar-refractivity contribution in [3.05, 3.63) is 78.6 Å². The summed E-state index contributed by atoms with van der Waals surface area (Å²) in [6.07, 6.45) is 5.78. The van der Waals surface area contributed by atoms with E-state index >= 15 is 0 Å². The molecule has 0 aliphatic rings. The Morgan fingerprint density at radius 1 is 1.00 bits per heavy atom. The van der Waals surface area contributed by atoms with Gasteiger partial charge in [0.15, 0.2) is 5.16 Å². The zero-order valence-corrected chi connectivity index (χ0v) is 14.6. The van der Waals surface area contributed by atoms with Gasteiger partial charge >= 0.3 is 0 Å². The lowest BCUT2D eigenvalue weighted by molar-refractivity contribution is 0.310. The van der Waals surface area contributed by atoms with Gasteiger partial charge in [-0.25, -0.2) is 9.97 Å². The van der Waals surface area contributed by atoms with Crippen molar-refractivity contribution in [2.24, 2.45) is 0 Å². The third kappa shape index (κ3) is 3.23. The molecule has 0 aliphatic carbocycles. The SMILES string of the molecule is CSc1nccc(-n2ccc3c(OCc4ccccc4)cccc32)n1. The van der Waals surface area contributed by atoms with Crippen LogP contribution in [0.15, 0.2) is 78.2 Å². The Labute approximate surface area is 150 Å². The summed E-state index contributed by atoms with van der Waals surface area (Å²) in [5.74, 6) is 1.73. The van der Waals surface area contributed by atoms with Crippen molar-refractivity contribution in [2.45, 2.75) is 11.8 Å². The van der Waals surface area contributed by atoms with Crippen molar-refractivity contribution in [1.29, 1.82) is 0 Å². The summed E-state index contributed by atoms with van der Waals surface area (Å²) in [6, 6.07) is 20.3. The Kier molecular flexibility index (Phi) is 4.39. The highest BCUT2D eigenvalue weighted by Gasteiger charge is 2.09. The summed E-state index contributed by atoms with van der Waals surface area (Å²) in [5.41, 5.74) is 2.22. The van der Waals surface area contributed by atoms with E-state index in [1.54, 1.807) is 6.20 Å². The number of nitrogens with zero attached hydrogens (tertiary/aromatic N) is 3. The summed E-state index contributed by atoms with van der Waals surface area (Å²) >= 11 is 1.53. The zero-order chi connectivity index (χ0) is 17.1. The maximum absolute atomic E-state index is 6.05. The molecule has 2 heterocycles. The van der Waals surface area contributed by atoms with Crippen LogP contribution in [-0.4, -0.2) is 20.8 Å². The third-order valence-corrected chi connectivity index (χ3v) is 4.54. The molecule has 2 aromatic carbocycles. The number of hydrogen-bond donors (Lipinski definition) is 0. The molecular weight excluding hydrogens is 330 g/mol. The second-order valence-corrected chi connectivity index (χ2v) is 6.32. The van der Waals surface area contributed by atoms with E-state index in [-0.39, 0.29) is 0 Å². The van der Waals surface area contributed by atoms with Gasteiger partial charge < -0.3 is 9.30 Å². The molecule has 0 saturated carbocycles. The molecular formula is C20H17N3OS. The van der Waals surface area contributed by atoms with E-state index < -0.39 is 0 Å². The normalized spacial score (nSPS) is 10.9. The van der Waals surface area contributed by atoms with Gasteiger partial charge in [0.1, 0.15) is 18.2 Å². The molecule has 0 unspecified atom stereocenters. The largest absolute Gasteiger partial charge is 0.488 e. The van der Waals surface area contributed by atoms with Crippen LogP contribution in [0.3, 0.4) is 0 Å².